The fourth-order valence-electron chi connectivity index (χ4n) is 4.71. The topological polar surface area (TPSA) is 56.8 Å². The van der Waals surface area contributed by atoms with E-state index >= 15 is 4.39 Å². The van der Waals surface area contributed by atoms with Gasteiger partial charge in [0.25, 0.3) is 12.3 Å². The van der Waals surface area contributed by atoms with Crippen molar-refractivity contribution in [1.29, 1.82) is 0 Å². The SMILES string of the molecule is C[C@@H](NC(=O)c1cc(N2CCOCC2)c(F)cc1NC1CCN(C)CC1)c1cccc(C(F)F)c1F. The van der Waals surface area contributed by atoms with Crippen LogP contribution in [0.1, 0.15) is 53.7 Å². The number of hydrogen-bond donors (Lipinski definition) is 2. The van der Waals surface area contributed by atoms with Gasteiger partial charge in [0.1, 0.15) is 11.6 Å². The van der Waals surface area contributed by atoms with Gasteiger partial charge < -0.3 is 25.2 Å². The summed E-state index contributed by atoms with van der Waals surface area (Å²) >= 11 is 0. The maximum atomic E-state index is 15.2. The molecule has 0 bridgehead atoms. The van der Waals surface area contributed by atoms with Crippen molar-refractivity contribution >= 4 is 17.3 Å². The molecule has 0 unspecified atom stereocenters. The van der Waals surface area contributed by atoms with Gasteiger partial charge in [-0.2, -0.15) is 0 Å². The lowest BCUT2D eigenvalue weighted by molar-refractivity contribution is 0.0940. The molecule has 0 aliphatic carbocycles. The summed E-state index contributed by atoms with van der Waals surface area (Å²) in [6, 6.07) is 5.75. The lowest BCUT2D eigenvalue weighted by atomic mass is 10.0. The second-order valence-corrected chi connectivity index (χ2v) is 9.42. The number of anilines is 2. The van der Waals surface area contributed by atoms with Crippen molar-refractivity contribution in [2.75, 3.05) is 56.7 Å². The number of rotatable bonds is 7. The molecule has 2 fully saturated rings. The molecule has 4 rings (SSSR count). The molecule has 1 atom stereocenters. The van der Waals surface area contributed by atoms with Crippen LogP contribution in [0.5, 0.6) is 0 Å². The van der Waals surface area contributed by atoms with E-state index in [0.29, 0.717) is 32.0 Å². The van der Waals surface area contributed by atoms with Gasteiger partial charge in [-0.3, -0.25) is 4.79 Å². The summed E-state index contributed by atoms with van der Waals surface area (Å²) in [4.78, 5) is 17.5. The molecule has 2 aliphatic heterocycles. The van der Waals surface area contributed by atoms with Gasteiger partial charge in [-0.15, -0.1) is 0 Å². The second-order valence-electron chi connectivity index (χ2n) is 9.42. The number of morpholine rings is 1. The summed E-state index contributed by atoms with van der Waals surface area (Å²) < 4.78 is 61.6. The van der Waals surface area contributed by atoms with Gasteiger partial charge in [0.05, 0.1) is 41.8 Å². The predicted molar refractivity (Wildman–Crippen MR) is 131 cm³/mol. The Morgan fingerprint density at radius 3 is 2.39 bits per heavy atom. The van der Waals surface area contributed by atoms with Crippen molar-refractivity contribution in [3.8, 4) is 0 Å². The van der Waals surface area contributed by atoms with Gasteiger partial charge in [0.2, 0.25) is 0 Å². The minimum absolute atomic E-state index is 0.0403. The van der Waals surface area contributed by atoms with Crippen LogP contribution in [-0.4, -0.2) is 63.3 Å². The number of hydrogen-bond acceptors (Lipinski definition) is 5. The number of alkyl halides is 2. The Kier molecular flexibility index (Phi) is 8.35. The number of amides is 1. The number of carbonyl (C=O) groups excluding carboxylic acids is 1. The highest BCUT2D eigenvalue weighted by Gasteiger charge is 2.26. The van der Waals surface area contributed by atoms with Crippen molar-refractivity contribution in [2.45, 2.75) is 38.3 Å². The van der Waals surface area contributed by atoms with E-state index in [2.05, 4.69) is 15.5 Å². The van der Waals surface area contributed by atoms with Crippen LogP contribution in [0.2, 0.25) is 0 Å². The summed E-state index contributed by atoms with van der Waals surface area (Å²) in [5.74, 6) is -2.04. The fraction of sp³-hybridized carbons (Fsp3) is 0.500. The summed E-state index contributed by atoms with van der Waals surface area (Å²) in [6.07, 6.45) is -1.29. The Bertz CT molecular complexity index is 1070. The number of carbonyl (C=O) groups is 1. The quantitative estimate of drug-likeness (QED) is 0.530. The van der Waals surface area contributed by atoms with Crippen molar-refractivity contribution in [1.82, 2.24) is 10.2 Å². The first-order chi connectivity index (χ1) is 17.2. The van der Waals surface area contributed by atoms with Crippen LogP contribution in [-0.2, 0) is 4.74 Å². The molecular formula is C26H32F4N4O2. The van der Waals surface area contributed by atoms with Gasteiger partial charge >= 0.3 is 0 Å². The van der Waals surface area contributed by atoms with Crippen LogP contribution in [0.15, 0.2) is 30.3 Å². The van der Waals surface area contributed by atoms with Crippen LogP contribution in [0, 0.1) is 11.6 Å². The Morgan fingerprint density at radius 1 is 1.06 bits per heavy atom. The number of likely N-dealkylation sites (tertiary alicyclic amines) is 1. The number of halogens is 4. The maximum Gasteiger partial charge on any atom is 0.266 e. The first-order valence-corrected chi connectivity index (χ1v) is 12.2. The molecule has 2 saturated heterocycles. The molecule has 0 saturated carbocycles. The Morgan fingerprint density at radius 2 is 1.72 bits per heavy atom. The van der Waals surface area contributed by atoms with Crippen LogP contribution < -0.4 is 15.5 Å². The van der Waals surface area contributed by atoms with Gasteiger partial charge in [0, 0.05) is 24.7 Å². The van der Waals surface area contributed by atoms with Crippen LogP contribution >= 0.6 is 0 Å². The lowest BCUT2D eigenvalue weighted by Crippen LogP contribution is -2.38. The largest absolute Gasteiger partial charge is 0.381 e. The summed E-state index contributed by atoms with van der Waals surface area (Å²) in [5, 5.41) is 6.04. The minimum atomic E-state index is -2.97. The monoisotopic (exact) mass is 508 g/mol. The molecule has 2 N–H and O–H groups in total. The third-order valence-electron chi connectivity index (χ3n) is 6.87. The second kappa shape index (κ2) is 11.5. The summed E-state index contributed by atoms with van der Waals surface area (Å²) in [6.45, 7) is 5.17. The first kappa shape index (κ1) is 26.2. The molecule has 2 aromatic rings. The van der Waals surface area contributed by atoms with E-state index in [1.807, 2.05) is 11.9 Å². The molecule has 2 aromatic carbocycles. The fourth-order valence-corrected chi connectivity index (χ4v) is 4.71. The van der Waals surface area contributed by atoms with Crippen molar-refractivity contribution < 1.29 is 27.1 Å². The zero-order valence-corrected chi connectivity index (χ0v) is 20.5. The smallest absolute Gasteiger partial charge is 0.266 e. The van der Waals surface area contributed by atoms with Crippen molar-refractivity contribution in [3.05, 3.63) is 58.7 Å². The molecular weight excluding hydrogens is 476 g/mol. The van der Waals surface area contributed by atoms with Crippen molar-refractivity contribution in [2.24, 2.45) is 0 Å². The van der Waals surface area contributed by atoms with Gasteiger partial charge in [-0.05, 0) is 52.0 Å². The Labute approximate surface area is 208 Å². The van der Waals surface area contributed by atoms with E-state index in [0.717, 1.165) is 32.0 Å². The molecule has 10 heteroatoms. The number of nitrogens with zero attached hydrogens (tertiary/aromatic N) is 2. The van der Waals surface area contributed by atoms with Crippen LogP contribution in [0.4, 0.5) is 28.9 Å². The zero-order chi connectivity index (χ0) is 25.8. The summed E-state index contributed by atoms with van der Waals surface area (Å²) in [7, 11) is 2.04. The molecule has 2 heterocycles. The number of piperidine rings is 1. The summed E-state index contributed by atoms with van der Waals surface area (Å²) in [5.41, 5.74) is 0.103. The average Bonchev–Trinajstić information content (AvgIpc) is 2.86. The highest BCUT2D eigenvalue weighted by molar-refractivity contribution is 6.01. The molecule has 0 radical (unpaired) electrons. The lowest BCUT2D eigenvalue weighted by Gasteiger charge is -2.32. The molecule has 6 nitrogen and oxygen atoms in total. The average molecular weight is 509 g/mol. The van der Waals surface area contributed by atoms with E-state index in [9.17, 15) is 18.0 Å². The molecule has 196 valence electrons. The van der Waals surface area contributed by atoms with Crippen LogP contribution in [0.25, 0.3) is 0 Å². The van der Waals surface area contributed by atoms with E-state index < -0.39 is 35.6 Å². The molecule has 1 amide bonds. The number of benzene rings is 2. The van der Waals surface area contributed by atoms with E-state index in [1.54, 1.807) is 0 Å². The van der Waals surface area contributed by atoms with Crippen LogP contribution in [0.3, 0.4) is 0 Å². The number of ether oxygens (including phenoxy) is 1. The van der Waals surface area contributed by atoms with E-state index in [-0.39, 0.29) is 22.9 Å². The maximum absolute atomic E-state index is 15.2. The predicted octanol–water partition coefficient (Wildman–Crippen LogP) is 4.74. The third kappa shape index (κ3) is 5.92. The third-order valence-corrected chi connectivity index (χ3v) is 6.87. The molecule has 0 spiro atoms. The molecule has 2 aliphatic rings. The van der Waals surface area contributed by atoms with E-state index in [4.69, 9.17) is 4.74 Å². The number of nitrogens with one attached hydrogen (secondary N) is 2. The Balaban J connectivity index is 1.62. The minimum Gasteiger partial charge on any atom is -0.381 e. The highest BCUT2D eigenvalue weighted by atomic mass is 19.3. The zero-order valence-electron chi connectivity index (χ0n) is 20.5. The molecule has 0 aromatic heterocycles. The van der Waals surface area contributed by atoms with E-state index in [1.165, 1.54) is 31.2 Å². The molecule has 36 heavy (non-hydrogen) atoms. The highest BCUT2D eigenvalue weighted by Crippen LogP contribution is 2.31. The van der Waals surface area contributed by atoms with Gasteiger partial charge in [0.15, 0.2) is 0 Å². The normalized spacial score (nSPS) is 18.4. The first-order valence-electron chi connectivity index (χ1n) is 12.2. The Hall–Kier alpha value is -2.85. The van der Waals surface area contributed by atoms with Gasteiger partial charge in [-0.25, -0.2) is 17.6 Å². The van der Waals surface area contributed by atoms with Crippen molar-refractivity contribution in [3.63, 3.8) is 0 Å². The standard InChI is InChI=1S/C26H32F4N4O2/c1-16(18-4-3-5-19(24(18)28)25(29)30)31-26(35)20-14-23(34-10-12-36-13-11-34)21(27)15-22(20)32-17-6-8-33(2)9-7-17/h3-5,14-17,25,32H,6-13H2,1-2H3,(H,31,35)/t16-/m1/s1. The van der Waals surface area contributed by atoms with Gasteiger partial charge in [-0.1, -0.05) is 18.2 Å².